The molecule has 0 saturated heterocycles. The zero-order valence-electron chi connectivity index (χ0n) is 11.0. The lowest BCUT2D eigenvalue weighted by Gasteiger charge is -2.35. The second-order valence-corrected chi connectivity index (χ2v) is 4.58. The molecule has 0 unspecified atom stereocenters. The average molecular weight is 271 g/mol. The van der Waals surface area contributed by atoms with E-state index in [0.29, 0.717) is 0 Å². The number of carboxylic acid groups (broad SMARTS) is 1. The van der Waals surface area contributed by atoms with Crippen molar-refractivity contribution in [3.8, 4) is 11.5 Å². The molecular formula is C16H15O4-. The van der Waals surface area contributed by atoms with Crippen molar-refractivity contribution in [3.05, 3.63) is 59.7 Å². The number of phenolic OH excluding ortho intramolecular Hbond substituents is 2. The highest BCUT2D eigenvalue weighted by molar-refractivity contribution is 5.86. The molecule has 2 rings (SSSR count). The van der Waals surface area contributed by atoms with Crippen LogP contribution in [0.15, 0.2) is 48.5 Å². The fourth-order valence-corrected chi connectivity index (χ4v) is 2.56. The van der Waals surface area contributed by atoms with Crippen LogP contribution in [-0.2, 0) is 10.2 Å². The number of carbonyl (C=O) groups is 1. The Kier molecular flexibility index (Phi) is 3.66. The topological polar surface area (TPSA) is 80.6 Å². The Morgan fingerprint density at radius 3 is 1.70 bits per heavy atom. The maximum atomic E-state index is 11.8. The number of carbonyl (C=O) groups excluding carboxylic acids is 1. The van der Waals surface area contributed by atoms with Crippen molar-refractivity contribution in [2.45, 2.75) is 18.8 Å². The van der Waals surface area contributed by atoms with E-state index in [4.69, 9.17) is 0 Å². The van der Waals surface area contributed by atoms with E-state index in [0.717, 1.165) is 0 Å². The van der Waals surface area contributed by atoms with Crippen LogP contribution in [0.5, 0.6) is 11.5 Å². The Hall–Kier alpha value is -2.49. The number of carboxylic acids is 1. The Labute approximate surface area is 116 Å². The molecule has 0 aromatic heterocycles. The van der Waals surface area contributed by atoms with Gasteiger partial charge in [0.15, 0.2) is 0 Å². The molecule has 0 heterocycles. The fourth-order valence-electron chi connectivity index (χ4n) is 2.56. The Morgan fingerprint density at radius 2 is 1.40 bits per heavy atom. The molecule has 0 spiro atoms. The first kappa shape index (κ1) is 13.9. The molecule has 0 amide bonds. The van der Waals surface area contributed by atoms with E-state index in [-0.39, 0.29) is 29.0 Å². The summed E-state index contributed by atoms with van der Waals surface area (Å²) < 4.78 is 0. The van der Waals surface area contributed by atoms with Gasteiger partial charge in [-0.05, 0) is 18.6 Å². The normalized spacial score (nSPS) is 11.2. The van der Waals surface area contributed by atoms with Crippen molar-refractivity contribution in [1.29, 1.82) is 0 Å². The summed E-state index contributed by atoms with van der Waals surface area (Å²) in [6, 6.07) is 12.4. The van der Waals surface area contributed by atoms with Crippen molar-refractivity contribution in [2.75, 3.05) is 0 Å². The van der Waals surface area contributed by atoms with E-state index in [1.807, 2.05) is 0 Å². The number of hydrogen-bond donors (Lipinski definition) is 2. The number of aliphatic carboxylic acids is 1. The van der Waals surface area contributed by atoms with Gasteiger partial charge in [0, 0.05) is 11.1 Å². The minimum Gasteiger partial charge on any atom is -0.549 e. The zero-order chi connectivity index (χ0) is 14.8. The second-order valence-electron chi connectivity index (χ2n) is 4.58. The molecule has 0 aliphatic rings. The summed E-state index contributed by atoms with van der Waals surface area (Å²) in [6.45, 7) is 1.68. The van der Waals surface area contributed by atoms with Crippen LogP contribution < -0.4 is 5.11 Å². The van der Waals surface area contributed by atoms with Crippen LogP contribution in [0.4, 0.5) is 0 Å². The molecule has 0 fully saturated rings. The van der Waals surface area contributed by atoms with Gasteiger partial charge in [-0.2, -0.15) is 0 Å². The lowest BCUT2D eigenvalue weighted by atomic mass is 9.71. The molecule has 0 radical (unpaired) electrons. The van der Waals surface area contributed by atoms with E-state index in [2.05, 4.69) is 0 Å². The molecule has 0 bridgehead atoms. The smallest absolute Gasteiger partial charge is 0.120 e. The molecule has 4 nitrogen and oxygen atoms in total. The van der Waals surface area contributed by atoms with Crippen LogP contribution >= 0.6 is 0 Å². The molecule has 2 N–H and O–H groups in total. The number of aromatic hydroxyl groups is 2. The van der Waals surface area contributed by atoms with Crippen molar-refractivity contribution >= 4 is 5.97 Å². The first-order valence-corrected chi connectivity index (χ1v) is 6.32. The molecule has 0 aliphatic heterocycles. The maximum Gasteiger partial charge on any atom is 0.120 e. The van der Waals surface area contributed by atoms with Gasteiger partial charge in [-0.15, -0.1) is 0 Å². The largest absolute Gasteiger partial charge is 0.549 e. The minimum atomic E-state index is -1.59. The molecule has 2 aromatic rings. The van der Waals surface area contributed by atoms with E-state index in [9.17, 15) is 20.1 Å². The highest BCUT2D eigenvalue weighted by Crippen LogP contribution is 2.43. The lowest BCUT2D eigenvalue weighted by Crippen LogP contribution is -2.46. The number of rotatable bonds is 4. The van der Waals surface area contributed by atoms with E-state index in [1.54, 1.807) is 31.2 Å². The van der Waals surface area contributed by atoms with Crippen LogP contribution in [0.1, 0.15) is 24.5 Å². The van der Waals surface area contributed by atoms with Crippen LogP contribution in [0.3, 0.4) is 0 Å². The third kappa shape index (κ3) is 1.99. The second kappa shape index (κ2) is 5.25. The zero-order valence-corrected chi connectivity index (χ0v) is 11.0. The summed E-state index contributed by atoms with van der Waals surface area (Å²) in [5, 5.41) is 31.8. The maximum absolute atomic E-state index is 11.8. The predicted octanol–water partition coefficient (Wildman–Crippen LogP) is 1.54. The summed E-state index contributed by atoms with van der Waals surface area (Å²) >= 11 is 0. The van der Waals surface area contributed by atoms with E-state index in [1.165, 1.54) is 24.3 Å². The van der Waals surface area contributed by atoms with Gasteiger partial charge in [0.1, 0.15) is 11.5 Å². The van der Waals surface area contributed by atoms with Gasteiger partial charge < -0.3 is 20.1 Å². The van der Waals surface area contributed by atoms with Gasteiger partial charge in [0.25, 0.3) is 0 Å². The molecule has 2 aromatic carbocycles. The molecule has 0 atom stereocenters. The Morgan fingerprint density at radius 1 is 1.00 bits per heavy atom. The van der Waals surface area contributed by atoms with E-state index >= 15 is 0 Å². The molecular weight excluding hydrogens is 256 g/mol. The summed E-state index contributed by atoms with van der Waals surface area (Å²) in [4.78, 5) is 11.8. The van der Waals surface area contributed by atoms with Crippen molar-refractivity contribution < 1.29 is 20.1 Å². The number of hydrogen-bond acceptors (Lipinski definition) is 4. The van der Waals surface area contributed by atoms with Crippen LogP contribution in [-0.4, -0.2) is 16.2 Å². The standard InChI is InChI=1S/C16H16O4/c1-2-16(15(19)20,11-7-3-5-9-13(11)17)12-8-4-6-10-14(12)18/h3-10,17-18H,2H2,1H3,(H,19,20)/p-1. The summed E-state index contributed by atoms with van der Waals surface area (Å²) in [5.74, 6) is -1.63. The molecule has 104 valence electrons. The van der Waals surface area contributed by atoms with Crippen LogP contribution in [0, 0.1) is 0 Å². The predicted molar refractivity (Wildman–Crippen MR) is 72.3 cm³/mol. The van der Waals surface area contributed by atoms with Crippen molar-refractivity contribution in [3.63, 3.8) is 0 Å². The average Bonchev–Trinajstić information content (AvgIpc) is 2.43. The number of phenols is 2. The van der Waals surface area contributed by atoms with E-state index < -0.39 is 11.4 Å². The summed E-state index contributed by atoms with van der Waals surface area (Å²) in [7, 11) is 0. The fraction of sp³-hybridized carbons (Fsp3) is 0.188. The first-order valence-electron chi connectivity index (χ1n) is 6.32. The summed E-state index contributed by atoms with van der Waals surface area (Å²) in [5.41, 5.74) is -1.16. The van der Waals surface area contributed by atoms with Crippen LogP contribution in [0.2, 0.25) is 0 Å². The van der Waals surface area contributed by atoms with Gasteiger partial charge in [0.2, 0.25) is 0 Å². The quantitative estimate of drug-likeness (QED) is 0.884. The first-order chi connectivity index (χ1) is 9.54. The highest BCUT2D eigenvalue weighted by atomic mass is 16.4. The van der Waals surface area contributed by atoms with Gasteiger partial charge in [-0.25, -0.2) is 0 Å². The Balaban J connectivity index is 2.80. The number of benzene rings is 2. The molecule has 0 saturated carbocycles. The third-order valence-electron chi connectivity index (χ3n) is 3.61. The van der Waals surface area contributed by atoms with Gasteiger partial charge >= 0.3 is 0 Å². The van der Waals surface area contributed by atoms with Gasteiger partial charge in [0.05, 0.1) is 11.4 Å². The third-order valence-corrected chi connectivity index (χ3v) is 3.61. The van der Waals surface area contributed by atoms with Crippen molar-refractivity contribution in [2.24, 2.45) is 0 Å². The summed E-state index contributed by atoms with van der Waals surface area (Å²) in [6.07, 6.45) is 0.143. The Bertz CT molecular complexity index is 588. The number of para-hydroxylation sites is 2. The van der Waals surface area contributed by atoms with Crippen molar-refractivity contribution in [1.82, 2.24) is 0 Å². The minimum absolute atomic E-state index is 0.137. The molecule has 4 heteroatoms. The van der Waals surface area contributed by atoms with Gasteiger partial charge in [-0.1, -0.05) is 43.3 Å². The van der Waals surface area contributed by atoms with Crippen LogP contribution in [0.25, 0.3) is 0 Å². The molecule has 20 heavy (non-hydrogen) atoms. The SMILES string of the molecule is CCC(C(=O)[O-])(c1ccccc1O)c1ccccc1O. The molecule has 0 aliphatic carbocycles. The highest BCUT2D eigenvalue weighted by Gasteiger charge is 2.38. The monoisotopic (exact) mass is 271 g/mol. The lowest BCUT2D eigenvalue weighted by molar-refractivity contribution is -0.312. The van der Waals surface area contributed by atoms with Gasteiger partial charge in [-0.3, -0.25) is 0 Å².